The van der Waals surface area contributed by atoms with Crippen molar-refractivity contribution < 1.29 is 24.2 Å². The van der Waals surface area contributed by atoms with Crippen LogP contribution in [0.15, 0.2) is 24.3 Å². The lowest BCUT2D eigenvalue weighted by atomic mass is 9.85. The summed E-state index contributed by atoms with van der Waals surface area (Å²) in [6, 6.07) is 6.54. The van der Waals surface area contributed by atoms with E-state index < -0.39 is 5.97 Å². The van der Waals surface area contributed by atoms with E-state index in [1.807, 2.05) is 47.6 Å². The Balaban J connectivity index is 2.33. The summed E-state index contributed by atoms with van der Waals surface area (Å²) >= 11 is 0. The van der Waals surface area contributed by atoms with Crippen LogP contribution in [0.5, 0.6) is 5.75 Å². The maximum atomic E-state index is 12.8. The van der Waals surface area contributed by atoms with Crippen LogP contribution in [-0.4, -0.2) is 36.4 Å². The summed E-state index contributed by atoms with van der Waals surface area (Å²) < 4.78 is 5.47. The second kappa shape index (κ2) is 10.5. The van der Waals surface area contributed by atoms with Gasteiger partial charge in [0.2, 0.25) is 5.91 Å². The summed E-state index contributed by atoms with van der Waals surface area (Å²) in [5, 5.41) is 15.3. The molecule has 2 aromatic rings. The number of ketones is 1. The van der Waals surface area contributed by atoms with Crippen LogP contribution in [0.3, 0.4) is 0 Å². The van der Waals surface area contributed by atoms with Gasteiger partial charge in [-0.05, 0) is 55.0 Å². The highest BCUT2D eigenvalue weighted by Crippen LogP contribution is 2.34. The monoisotopic (exact) mass is 454 g/mol. The molecule has 0 heterocycles. The third-order valence-corrected chi connectivity index (χ3v) is 5.45. The van der Waals surface area contributed by atoms with Gasteiger partial charge in [0.05, 0.1) is 19.2 Å². The Hall–Kier alpha value is -3.35. The molecule has 0 aliphatic rings. The van der Waals surface area contributed by atoms with E-state index in [9.17, 15) is 19.5 Å². The quantitative estimate of drug-likeness (QED) is 0.442. The molecule has 33 heavy (non-hydrogen) atoms. The molecule has 7 heteroatoms. The van der Waals surface area contributed by atoms with Crippen molar-refractivity contribution in [1.29, 1.82) is 0 Å². The van der Waals surface area contributed by atoms with Gasteiger partial charge in [0.1, 0.15) is 5.75 Å². The molecule has 0 aliphatic carbocycles. The Kier molecular flexibility index (Phi) is 8.25. The van der Waals surface area contributed by atoms with Crippen LogP contribution in [0.1, 0.15) is 77.9 Å². The number of aryl methyl sites for hydroxylation is 1. The number of Topliss-reactive ketones (excluding diaryl/α,β-unsaturated/α-hetero) is 1. The normalized spacial score (nSPS) is 11.1. The van der Waals surface area contributed by atoms with Gasteiger partial charge in [-0.2, -0.15) is 0 Å². The van der Waals surface area contributed by atoms with Gasteiger partial charge < -0.3 is 20.5 Å². The zero-order valence-electron chi connectivity index (χ0n) is 20.5. The van der Waals surface area contributed by atoms with Crippen LogP contribution in [0, 0.1) is 13.8 Å². The third-order valence-electron chi connectivity index (χ3n) is 5.45. The van der Waals surface area contributed by atoms with Crippen LogP contribution >= 0.6 is 0 Å². The lowest BCUT2D eigenvalue weighted by Gasteiger charge is -2.24. The summed E-state index contributed by atoms with van der Waals surface area (Å²) in [5.41, 5.74) is 3.79. The number of methoxy groups -OCH3 is 1. The minimum absolute atomic E-state index is 0.0135. The Morgan fingerprint density at radius 1 is 1.06 bits per heavy atom. The van der Waals surface area contributed by atoms with E-state index in [-0.39, 0.29) is 29.2 Å². The zero-order chi connectivity index (χ0) is 24.9. The molecule has 178 valence electrons. The molecule has 0 atom stereocenters. The average Bonchev–Trinajstić information content (AvgIpc) is 2.71. The number of carbonyl (C=O) groups excluding carboxylic acids is 2. The number of hydrogen-bond acceptors (Lipinski definition) is 5. The molecule has 0 spiro atoms. The third kappa shape index (κ3) is 6.12. The van der Waals surface area contributed by atoms with Gasteiger partial charge in [0.25, 0.3) is 0 Å². The summed E-state index contributed by atoms with van der Waals surface area (Å²) in [4.78, 5) is 37.0. The minimum atomic E-state index is -1.06. The van der Waals surface area contributed by atoms with E-state index in [0.717, 1.165) is 16.7 Å². The number of carboxylic acids is 1. The molecule has 0 bridgehead atoms. The number of hydrogen-bond donors (Lipinski definition) is 3. The summed E-state index contributed by atoms with van der Waals surface area (Å²) in [6.45, 7) is 11.6. The Morgan fingerprint density at radius 2 is 1.73 bits per heavy atom. The van der Waals surface area contributed by atoms with Crippen molar-refractivity contribution in [1.82, 2.24) is 0 Å². The summed E-state index contributed by atoms with van der Waals surface area (Å²) in [6.07, 6.45) is 1.11. The fraction of sp³-hybridized carbons (Fsp3) is 0.423. The molecule has 0 aliphatic heterocycles. The molecular weight excluding hydrogens is 420 g/mol. The average molecular weight is 455 g/mol. The molecule has 0 unspecified atom stereocenters. The molecule has 2 aromatic carbocycles. The van der Waals surface area contributed by atoms with E-state index in [4.69, 9.17) is 4.74 Å². The van der Waals surface area contributed by atoms with Crippen molar-refractivity contribution in [2.45, 2.75) is 59.8 Å². The van der Waals surface area contributed by atoms with Crippen molar-refractivity contribution in [2.24, 2.45) is 0 Å². The van der Waals surface area contributed by atoms with Crippen LogP contribution < -0.4 is 15.4 Å². The highest BCUT2D eigenvalue weighted by molar-refractivity contribution is 6.04. The number of benzene rings is 2. The SMILES string of the molecule is CCCC(=O)c1c(NCC(=O)Nc2cc(C(=O)O)ccc2C(C)(C)C)cc(C)c(OC)c1C. The minimum Gasteiger partial charge on any atom is -0.496 e. The number of carbonyl (C=O) groups is 3. The van der Waals surface area contributed by atoms with Crippen molar-refractivity contribution in [2.75, 3.05) is 24.3 Å². The topological polar surface area (TPSA) is 105 Å². The van der Waals surface area contributed by atoms with E-state index in [1.54, 1.807) is 13.2 Å². The molecule has 7 nitrogen and oxygen atoms in total. The van der Waals surface area contributed by atoms with Gasteiger partial charge in [-0.25, -0.2) is 4.79 Å². The predicted molar refractivity (Wildman–Crippen MR) is 131 cm³/mol. The first kappa shape index (κ1) is 25.9. The number of aromatic carboxylic acids is 1. The lowest BCUT2D eigenvalue weighted by Crippen LogP contribution is -2.25. The highest BCUT2D eigenvalue weighted by Gasteiger charge is 2.22. The van der Waals surface area contributed by atoms with Crippen LogP contribution in [0.25, 0.3) is 0 Å². The Labute approximate surface area is 195 Å². The number of nitrogens with one attached hydrogen (secondary N) is 2. The van der Waals surface area contributed by atoms with Gasteiger partial charge in [0, 0.05) is 28.9 Å². The summed E-state index contributed by atoms with van der Waals surface area (Å²) in [5.74, 6) is -0.763. The van der Waals surface area contributed by atoms with Crippen LogP contribution in [0.2, 0.25) is 0 Å². The van der Waals surface area contributed by atoms with E-state index in [1.165, 1.54) is 12.1 Å². The Bertz CT molecular complexity index is 1070. The van der Waals surface area contributed by atoms with Crippen LogP contribution in [-0.2, 0) is 10.2 Å². The second-order valence-corrected chi connectivity index (χ2v) is 9.16. The number of carboxylic acid groups (broad SMARTS) is 1. The maximum Gasteiger partial charge on any atom is 0.335 e. The first-order valence-corrected chi connectivity index (χ1v) is 11.0. The van der Waals surface area contributed by atoms with Crippen LogP contribution in [0.4, 0.5) is 11.4 Å². The molecule has 0 aromatic heterocycles. The molecule has 0 radical (unpaired) electrons. The molecule has 3 N–H and O–H groups in total. The molecule has 0 saturated heterocycles. The number of rotatable bonds is 9. The number of amides is 1. The number of ether oxygens (including phenoxy) is 1. The summed E-state index contributed by atoms with van der Waals surface area (Å²) in [7, 11) is 1.57. The fourth-order valence-corrected chi connectivity index (χ4v) is 3.94. The molecule has 2 rings (SSSR count). The standard InChI is InChI=1S/C26H34N2O5/c1-8-9-21(29)23-16(3)24(33-7)15(2)12-20(23)27-14-22(30)28-19-13-17(25(31)32)10-11-18(19)26(4,5)6/h10-13,27H,8-9,14H2,1-7H3,(H,28,30)(H,31,32). The lowest BCUT2D eigenvalue weighted by molar-refractivity contribution is -0.114. The molecule has 0 saturated carbocycles. The fourth-order valence-electron chi connectivity index (χ4n) is 3.94. The van der Waals surface area contributed by atoms with Gasteiger partial charge >= 0.3 is 5.97 Å². The zero-order valence-corrected chi connectivity index (χ0v) is 20.5. The first-order chi connectivity index (χ1) is 15.4. The van der Waals surface area contributed by atoms with E-state index in [2.05, 4.69) is 10.6 Å². The van der Waals surface area contributed by atoms with Gasteiger partial charge in [-0.3, -0.25) is 9.59 Å². The molecule has 0 fully saturated rings. The van der Waals surface area contributed by atoms with Gasteiger partial charge in [-0.15, -0.1) is 0 Å². The van der Waals surface area contributed by atoms with Gasteiger partial charge in [0.15, 0.2) is 5.78 Å². The second-order valence-electron chi connectivity index (χ2n) is 9.16. The van der Waals surface area contributed by atoms with Crippen molar-refractivity contribution >= 4 is 29.0 Å². The number of anilines is 2. The van der Waals surface area contributed by atoms with E-state index in [0.29, 0.717) is 35.5 Å². The largest absolute Gasteiger partial charge is 0.496 e. The highest BCUT2D eigenvalue weighted by atomic mass is 16.5. The molecule has 1 amide bonds. The first-order valence-electron chi connectivity index (χ1n) is 11.0. The smallest absolute Gasteiger partial charge is 0.335 e. The predicted octanol–water partition coefficient (Wildman–Crippen LogP) is 5.34. The van der Waals surface area contributed by atoms with E-state index >= 15 is 0 Å². The van der Waals surface area contributed by atoms with Crippen molar-refractivity contribution in [3.8, 4) is 5.75 Å². The Morgan fingerprint density at radius 3 is 2.27 bits per heavy atom. The van der Waals surface area contributed by atoms with Crippen molar-refractivity contribution in [3.05, 3.63) is 52.1 Å². The maximum absolute atomic E-state index is 12.8. The molecular formula is C26H34N2O5. The van der Waals surface area contributed by atoms with Crippen molar-refractivity contribution in [3.63, 3.8) is 0 Å². The van der Waals surface area contributed by atoms with Gasteiger partial charge in [-0.1, -0.05) is 33.8 Å².